The summed E-state index contributed by atoms with van der Waals surface area (Å²) >= 11 is 0. The third-order valence-corrected chi connectivity index (χ3v) is 10.2. The summed E-state index contributed by atoms with van der Waals surface area (Å²) in [5.41, 5.74) is 7.80. The van der Waals surface area contributed by atoms with Gasteiger partial charge in [0.15, 0.2) is 29.0 Å². The van der Waals surface area contributed by atoms with Gasteiger partial charge in [0.05, 0.1) is 17.8 Å². The minimum Gasteiger partial charge on any atom is -0.382 e. The lowest BCUT2D eigenvalue weighted by Crippen LogP contribution is -2.33. The molecule has 18 heteroatoms. The number of ether oxygens (including phenoxy) is 3. The monoisotopic (exact) mass is 704 g/mol. The van der Waals surface area contributed by atoms with Crippen LogP contribution in [0.1, 0.15) is 32.9 Å². The van der Waals surface area contributed by atoms with Crippen molar-refractivity contribution in [3.63, 3.8) is 0 Å². The Balaban J connectivity index is 1.15. The van der Waals surface area contributed by atoms with Crippen molar-refractivity contribution in [1.29, 1.82) is 0 Å². The van der Waals surface area contributed by atoms with E-state index < -0.39 is 50.5 Å². The highest BCUT2D eigenvalue weighted by Gasteiger charge is 2.57. The highest BCUT2D eigenvalue weighted by Crippen LogP contribution is 2.45. The normalized spacial score (nSPS) is 22.4. The average Bonchev–Trinajstić information content (AvgIpc) is 3.65. The van der Waals surface area contributed by atoms with Crippen LogP contribution in [0.4, 0.5) is 17.5 Å². The molecule has 0 amide bonds. The zero-order chi connectivity index (χ0) is 34.4. The van der Waals surface area contributed by atoms with E-state index in [1.807, 2.05) is 43.3 Å². The number of hydrogen-bond acceptors (Lipinski definition) is 14. The summed E-state index contributed by atoms with van der Waals surface area (Å²) in [6, 6.07) is 10.9. The van der Waals surface area contributed by atoms with E-state index in [9.17, 15) is 16.8 Å². The molecule has 2 aromatic heterocycles. The van der Waals surface area contributed by atoms with Crippen LogP contribution in [0.15, 0.2) is 47.6 Å². The second kappa shape index (κ2) is 13.0. The van der Waals surface area contributed by atoms with Crippen molar-refractivity contribution in [2.75, 3.05) is 56.0 Å². The zero-order valence-corrected chi connectivity index (χ0v) is 28.9. The van der Waals surface area contributed by atoms with Crippen molar-refractivity contribution in [2.24, 2.45) is 0 Å². The van der Waals surface area contributed by atoms with Crippen LogP contribution in [0.5, 0.6) is 0 Å². The first-order chi connectivity index (χ1) is 22.7. The molecule has 2 saturated heterocycles. The molecule has 2 aliphatic rings. The molecule has 4 atom stereocenters. The van der Waals surface area contributed by atoms with Crippen LogP contribution in [0.2, 0.25) is 0 Å². The maximum absolute atomic E-state index is 13.3. The molecule has 260 valence electrons. The van der Waals surface area contributed by atoms with Crippen LogP contribution >= 0.6 is 0 Å². The molecule has 4 aromatic rings. The smallest absolute Gasteiger partial charge is 0.264 e. The average molecular weight is 705 g/mol. The number of hydrogen-bond donors (Lipinski definition) is 3. The predicted molar refractivity (Wildman–Crippen MR) is 179 cm³/mol. The molecule has 2 aliphatic heterocycles. The summed E-state index contributed by atoms with van der Waals surface area (Å²) in [4.78, 5) is 15.3. The third-order valence-electron chi connectivity index (χ3n) is 8.14. The summed E-state index contributed by atoms with van der Waals surface area (Å²) in [7, 11) is -3.67. The Kier molecular flexibility index (Phi) is 9.26. The van der Waals surface area contributed by atoms with Gasteiger partial charge >= 0.3 is 0 Å². The van der Waals surface area contributed by atoms with Gasteiger partial charge in [-0.15, -0.1) is 0 Å². The van der Waals surface area contributed by atoms with Crippen molar-refractivity contribution < 1.29 is 35.2 Å². The number of nitrogens with zero attached hydrogens (tertiary/aromatic N) is 5. The van der Waals surface area contributed by atoms with E-state index in [0.717, 1.165) is 17.3 Å². The van der Waals surface area contributed by atoms with Crippen molar-refractivity contribution >= 4 is 59.5 Å². The Morgan fingerprint density at radius 1 is 1.00 bits per heavy atom. The Morgan fingerprint density at radius 3 is 2.46 bits per heavy atom. The molecule has 0 unspecified atom stereocenters. The summed E-state index contributed by atoms with van der Waals surface area (Å²) < 4.78 is 78.2. The van der Waals surface area contributed by atoms with Gasteiger partial charge in [0, 0.05) is 43.6 Å². The number of imidazole rings is 1. The van der Waals surface area contributed by atoms with Crippen molar-refractivity contribution in [1.82, 2.24) is 24.2 Å². The van der Waals surface area contributed by atoms with E-state index in [-0.39, 0.29) is 23.9 Å². The first-order valence-corrected chi connectivity index (χ1v) is 18.7. The number of nitrogen functional groups attached to an aromatic ring is 1. The molecule has 0 bridgehead atoms. The molecule has 2 aromatic carbocycles. The summed E-state index contributed by atoms with van der Waals surface area (Å²) in [5, 5.41) is 4.80. The van der Waals surface area contributed by atoms with E-state index in [4.69, 9.17) is 24.1 Å². The first-order valence-electron chi connectivity index (χ1n) is 15.4. The zero-order valence-electron chi connectivity index (χ0n) is 27.3. The number of anilines is 3. The molecule has 0 spiro atoms. The minimum absolute atomic E-state index is 0.165. The van der Waals surface area contributed by atoms with Crippen LogP contribution in [-0.2, 0) is 38.5 Å². The fourth-order valence-electron chi connectivity index (χ4n) is 6.11. The molecule has 48 heavy (non-hydrogen) atoms. The van der Waals surface area contributed by atoms with Gasteiger partial charge in [0.2, 0.25) is 16.0 Å². The fraction of sp³-hybridized carbons (Fsp3) is 0.500. The van der Waals surface area contributed by atoms with Crippen molar-refractivity contribution in [3.05, 3.63) is 42.7 Å². The standard InChI is InChI=1S/C30H40N8O8S2/c1-30(2)45-24-21(16-43-47(5,39)40)44-28(25(24)46-30)38-27-23(26(31)33-17-34-27)36-29(38)32-14-6-7-15-35-48(41,42)22-13-9-10-18-19(22)11-8-12-20(18)37(3)4/h8-13,17,21,24-25,28,35H,6-7,14-16H2,1-5H3,(H,32,36)(H2,31,33,34)/t21-,24-,25-,28-/m1/s1. The Labute approximate surface area is 279 Å². The van der Waals surface area contributed by atoms with E-state index in [1.54, 1.807) is 30.5 Å². The highest BCUT2D eigenvalue weighted by molar-refractivity contribution is 7.89. The lowest BCUT2D eigenvalue weighted by molar-refractivity contribution is -0.198. The molecule has 6 rings (SSSR count). The second-order valence-corrected chi connectivity index (χ2v) is 15.8. The van der Waals surface area contributed by atoms with Gasteiger partial charge in [0.1, 0.15) is 24.6 Å². The molecule has 0 aliphatic carbocycles. The largest absolute Gasteiger partial charge is 0.382 e. The number of unbranched alkanes of at least 4 members (excludes halogenated alkanes) is 1. The van der Waals surface area contributed by atoms with Gasteiger partial charge in [-0.05, 0) is 38.8 Å². The number of aromatic nitrogens is 4. The van der Waals surface area contributed by atoms with Crippen LogP contribution in [0.25, 0.3) is 21.9 Å². The Morgan fingerprint density at radius 2 is 1.71 bits per heavy atom. The molecule has 16 nitrogen and oxygen atoms in total. The molecule has 4 heterocycles. The molecular formula is C30H40N8O8S2. The predicted octanol–water partition coefficient (Wildman–Crippen LogP) is 2.19. The minimum atomic E-state index is -3.77. The molecule has 0 saturated carbocycles. The summed E-state index contributed by atoms with van der Waals surface area (Å²) in [6.45, 7) is 3.90. The first kappa shape index (κ1) is 34.2. The van der Waals surface area contributed by atoms with Gasteiger partial charge in [-0.2, -0.15) is 8.42 Å². The summed E-state index contributed by atoms with van der Waals surface area (Å²) in [5.74, 6) is -0.433. The Hall–Kier alpha value is -3.65. The van der Waals surface area contributed by atoms with E-state index >= 15 is 0 Å². The van der Waals surface area contributed by atoms with Crippen molar-refractivity contribution in [2.45, 2.75) is 61.9 Å². The molecular weight excluding hydrogens is 665 g/mol. The number of nitrogens with two attached hydrogens (primary N) is 1. The van der Waals surface area contributed by atoms with Gasteiger partial charge < -0.3 is 30.2 Å². The maximum atomic E-state index is 13.3. The van der Waals surface area contributed by atoms with Crippen LogP contribution in [-0.4, -0.2) is 101 Å². The van der Waals surface area contributed by atoms with Crippen molar-refractivity contribution in [3.8, 4) is 0 Å². The van der Waals surface area contributed by atoms with Gasteiger partial charge in [0.25, 0.3) is 10.1 Å². The van der Waals surface area contributed by atoms with Gasteiger partial charge in [-0.1, -0.05) is 24.3 Å². The maximum Gasteiger partial charge on any atom is 0.264 e. The van der Waals surface area contributed by atoms with E-state index in [0.29, 0.717) is 41.9 Å². The number of benzene rings is 2. The van der Waals surface area contributed by atoms with Gasteiger partial charge in [-0.25, -0.2) is 28.1 Å². The second-order valence-electron chi connectivity index (χ2n) is 12.4. The lowest BCUT2D eigenvalue weighted by Gasteiger charge is -2.25. The van der Waals surface area contributed by atoms with E-state index in [1.165, 1.54) is 6.33 Å². The summed E-state index contributed by atoms with van der Waals surface area (Å²) in [6.07, 6.45) is 0.506. The van der Waals surface area contributed by atoms with Crippen LogP contribution in [0, 0.1) is 0 Å². The van der Waals surface area contributed by atoms with Crippen LogP contribution < -0.4 is 20.7 Å². The highest BCUT2D eigenvalue weighted by atomic mass is 32.2. The lowest BCUT2D eigenvalue weighted by atomic mass is 10.1. The molecule has 0 radical (unpaired) electrons. The number of fused-ring (bicyclic) bond motifs is 3. The molecule has 2 fully saturated rings. The Bertz CT molecular complexity index is 2040. The van der Waals surface area contributed by atoms with Gasteiger partial charge in [-0.3, -0.25) is 8.75 Å². The number of rotatable bonds is 13. The fourth-order valence-corrected chi connectivity index (χ4v) is 7.78. The molecule has 4 N–H and O–H groups in total. The number of nitrogens with one attached hydrogen (secondary N) is 2. The quantitative estimate of drug-likeness (QED) is 0.135. The van der Waals surface area contributed by atoms with E-state index in [2.05, 4.69) is 25.0 Å². The van der Waals surface area contributed by atoms with Crippen LogP contribution in [0.3, 0.4) is 0 Å². The SMILES string of the molecule is CN(C)c1cccc2c(S(=O)(=O)NCCCCNc3nc4c(N)ncnc4n3[C@@H]3O[C@H](COS(C)(=O)=O)[C@H]4OC(C)(C)O[C@H]43)cccc12. The number of sulfonamides is 1. The topological polar surface area (TPSA) is 202 Å². The third kappa shape index (κ3) is 6.91.